The molecule has 0 aromatic heterocycles. The molecule has 1 saturated heterocycles. The number of rotatable bonds is 6. The van der Waals surface area contributed by atoms with Gasteiger partial charge in [-0.3, -0.25) is 9.69 Å². The van der Waals surface area contributed by atoms with Crippen molar-refractivity contribution >= 4 is 18.2 Å². The van der Waals surface area contributed by atoms with E-state index < -0.39 is 36.0 Å². The number of ether oxygens (including phenoxy) is 3. The van der Waals surface area contributed by atoms with Crippen LogP contribution in [0.3, 0.4) is 0 Å². The van der Waals surface area contributed by atoms with Crippen molar-refractivity contribution in [3.63, 3.8) is 0 Å². The van der Waals surface area contributed by atoms with Gasteiger partial charge in [-0.25, -0.2) is 9.59 Å². The first-order valence-electron chi connectivity index (χ1n) is 16.6. The summed E-state index contributed by atoms with van der Waals surface area (Å²) in [4.78, 5) is 43.9. The lowest BCUT2D eigenvalue weighted by Crippen LogP contribution is -2.50. The fourth-order valence-electron chi connectivity index (χ4n) is 5.93. The predicted octanol–water partition coefficient (Wildman–Crippen LogP) is 4.43. The molecular weight excluding hydrogens is 602 g/mol. The first kappa shape index (κ1) is 36.2. The number of nitrogens with zero attached hydrogens (tertiary/aromatic N) is 3. The molecule has 4 rings (SSSR count). The quantitative estimate of drug-likeness (QED) is 0.198. The Bertz CT molecular complexity index is 1310. The van der Waals surface area contributed by atoms with Gasteiger partial charge in [0.05, 0.1) is 19.1 Å². The van der Waals surface area contributed by atoms with Crippen LogP contribution in [0.4, 0.5) is 9.59 Å². The molecule has 11 nitrogen and oxygen atoms in total. The Morgan fingerprint density at radius 1 is 1.09 bits per heavy atom. The third-order valence-electron chi connectivity index (χ3n) is 9.13. The Balaban J connectivity index is 1.40. The van der Waals surface area contributed by atoms with Crippen molar-refractivity contribution in [3.05, 3.63) is 71.3 Å². The average molecular weight is 654 g/mol. The molecule has 2 amide bonds. The number of carbonyl (C=O) groups excluding carboxylic acids is 3. The minimum absolute atomic E-state index is 0.0581. The summed E-state index contributed by atoms with van der Waals surface area (Å²) in [6, 6.07) is 7.97. The number of likely N-dealkylation sites (N-methyl/N-ethyl adjacent to an activating group) is 1. The van der Waals surface area contributed by atoms with Gasteiger partial charge in [0, 0.05) is 51.1 Å². The molecule has 0 saturated carbocycles. The van der Waals surface area contributed by atoms with Crippen LogP contribution in [0.15, 0.2) is 60.2 Å². The van der Waals surface area contributed by atoms with Crippen LogP contribution in [0, 0.1) is 11.8 Å². The first-order valence-corrected chi connectivity index (χ1v) is 16.6. The van der Waals surface area contributed by atoms with E-state index in [2.05, 4.69) is 4.90 Å². The molecule has 47 heavy (non-hydrogen) atoms. The molecule has 0 aliphatic carbocycles. The van der Waals surface area contributed by atoms with Crippen LogP contribution in [0.25, 0.3) is 0 Å². The molecule has 6 atom stereocenters. The summed E-state index contributed by atoms with van der Waals surface area (Å²) >= 11 is 0. The zero-order valence-corrected chi connectivity index (χ0v) is 28.3. The van der Waals surface area contributed by atoms with Crippen LogP contribution < -0.4 is 0 Å². The molecule has 3 aliphatic heterocycles. The molecule has 3 heterocycles. The molecule has 258 valence electrons. The zero-order valence-electron chi connectivity index (χ0n) is 28.3. The second-order valence-electron chi connectivity index (χ2n) is 13.5. The number of amides is 2. The van der Waals surface area contributed by atoms with Gasteiger partial charge < -0.3 is 34.2 Å². The molecule has 1 aromatic carbocycles. The summed E-state index contributed by atoms with van der Waals surface area (Å²) in [5.41, 5.74) is 1.56. The number of aliphatic hydroxyl groups is 2. The lowest BCUT2D eigenvalue weighted by molar-refractivity contribution is -0.151. The van der Waals surface area contributed by atoms with E-state index in [-0.39, 0.29) is 43.8 Å². The maximum Gasteiger partial charge on any atom is 0.410 e. The maximum absolute atomic E-state index is 13.0. The zero-order chi connectivity index (χ0) is 34.1. The molecule has 11 heteroatoms. The minimum atomic E-state index is -1.47. The van der Waals surface area contributed by atoms with Crippen LogP contribution in [0.5, 0.6) is 0 Å². The van der Waals surface area contributed by atoms with E-state index >= 15 is 0 Å². The number of carbonyl (C=O) groups is 3. The fourth-order valence-corrected chi connectivity index (χ4v) is 5.93. The van der Waals surface area contributed by atoms with E-state index in [0.717, 1.165) is 29.8 Å². The third kappa shape index (κ3) is 10.4. The number of allylic oxidation sites excluding steroid dienone is 2. The Hall–Kier alpha value is -3.67. The second kappa shape index (κ2) is 16.4. The van der Waals surface area contributed by atoms with Crippen LogP contribution in [-0.4, -0.2) is 107 Å². The Morgan fingerprint density at radius 2 is 1.74 bits per heavy atom. The van der Waals surface area contributed by atoms with Gasteiger partial charge in [0.1, 0.15) is 11.7 Å². The largest absolute Gasteiger partial charge is 0.457 e. The summed E-state index contributed by atoms with van der Waals surface area (Å²) in [5.74, 6) is -0.942. The number of aliphatic hydroxyl groups excluding tert-OH is 1. The van der Waals surface area contributed by atoms with Crippen molar-refractivity contribution in [1.29, 1.82) is 0 Å². The van der Waals surface area contributed by atoms with E-state index in [0.29, 0.717) is 26.2 Å². The van der Waals surface area contributed by atoms with Crippen LogP contribution in [0.2, 0.25) is 0 Å². The molecule has 0 spiro atoms. The third-order valence-corrected chi connectivity index (χ3v) is 9.13. The van der Waals surface area contributed by atoms with E-state index in [9.17, 15) is 24.6 Å². The average Bonchev–Trinajstić information content (AvgIpc) is 3.47. The normalized spacial score (nSPS) is 29.3. The minimum Gasteiger partial charge on any atom is -0.457 e. The Labute approximate surface area is 278 Å². The molecule has 1 fully saturated rings. The number of esters is 1. The van der Waals surface area contributed by atoms with E-state index in [1.54, 1.807) is 28.9 Å². The van der Waals surface area contributed by atoms with Gasteiger partial charge >= 0.3 is 18.2 Å². The summed E-state index contributed by atoms with van der Waals surface area (Å²) in [6.07, 6.45) is 5.59. The molecule has 0 unspecified atom stereocenters. The number of cyclic esters (lactones) is 1. The summed E-state index contributed by atoms with van der Waals surface area (Å²) in [5, 5.41) is 21.9. The molecular formula is C36H51N3O8. The van der Waals surface area contributed by atoms with Gasteiger partial charge in [0.25, 0.3) is 0 Å². The summed E-state index contributed by atoms with van der Waals surface area (Å²) in [6.45, 7) is 11.1. The highest BCUT2D eigenvalue weighted by Crippen LogP contribution is 2.28. The van der Waals surface area contributed by atoms with Gasteiger partial charge in [-0.1, -0.05) is 62.4 Å². The molecule has 0 bridgehead atoms. The van der Waals surface area contributed by atoms with Crippen molar-refractivity contribution in [2.24, 2.45) is 11.8 Å². The number of fused-ring (bicyclic) bond motifs is 1. The van der Waals surface area contributed by atoms with Gasteiger partial charge in [0.2, 0.25) is 0 Å². The molecule has 2 N–H and O–H groups in total. The summed E-state index contributed by atoms with van der Waals surface area (Å²) in [7, 11) is 2.00. The predicted molar refractivity (Wildman–Crippen MR) is 177 cm³/mol. The van der Waals surface area contributed by atoms with Gasteiger partial charge in [-0.15, -0.1) is 0 Å². The highest BCUT2D eigenvalue weighted by Gasteiger charge is 2.37. The number of hydrogen-bond acceptors (Lipinski definition) is 9. The molecule has 1 aromatic rings. The number of hydrogen-bond donors (Lipinski definition) is 2. The van der Waals surface area contributed by atoms with Gasteiger partial charge in [0.15, 0.2) is 6.10 Å². The topological polar surface area (TPSA) is 129 Å². The van der Waals surface area contributed by atoms with E-state index in [1.165, 1.54) is 0 Å². The maximum atomic E-state index is 13.0. The van der Waals surface area contributed by atoms with Crippen LogP contribution in [0.1, 0.15) is 58.1 Å². The van der Waals surface area contributed by atoms with Crippen molar-refractivity contribution in [2.75, 3.05) is 39.8 Å². The lowest BCUT2D eigenvalue weighted by Gasteiger charge is -2.36. The lowest BCUT2D eigenvalue weighted by atomic mass is 9.89. The van der Waals surface area contributed by atoms with Crippen molar-refractivity contribution in [2.45, 2.75) is 84.0 Å². The smallest absolute Gasteiger partial charge is 0.410 e. The van der Waals surface area contributed by atoms with Gasteiger partial charge in [-0.05, 0) is 56.5 Å². The highest BCUT2D eigenvalue weighted by atomic mass is 16.6. The van der Waals surface area contributed by atoms with Crippen LogP contribution in [-0.2, 0) is 32.1 Å². The summed E-state index contributed by atoms with van der Waals surface area (Å²) < 4.78 is 17.3. The van der Waals surface area contributed by atoms with Crippen molar-refractivity contribution < 1.29 is 38.8 Å². The molecule has 0 radical (unpaired) electrons. The monoisotopic (exact) mass is 653 g/mol. The second-order valence-corrected chi connectivity index (χ2v) is 13.5. The Kier molecular flexibility index (Phi) is 12.6. The highest BCUT2D eigenvalue weighted by molar-refractivity contribution is 5.71. The van der Waals surface area contributed by atoms with Crippen LogP contribution >= 0.6 is 0 Å². The Morgan fingerprint density at radius 3 is 2.40 bits per heavy atom. The van der Waals surface area contributed by atoms with Crippen molar-refractivity contribution in [3.8, 4) is 0 Å². The number of benzene rings is 1. The van der Waals surface area contributed by atoms with E-state index in [1.807, 2.05) is 70.3 Å². The van der Waals surface area contributed by atoms with Crippen molar-refractivity contribution in [1.82, 2.24) is 14.7 Å². The van der Waals surface area contributed by atoms with Gasteiger partial charge in [-0.2, -0.15) is 0 Å². The van der Waals surface area contributed by atoms with E-state index in [4.69, 9.17) is 14.2 Å². The fraction of sp³-hybridized carbons (Fsp3) is 0.583. The standard InChI is InChI=1S/C36H51N3O8/c1-25(24-45-34(42)39-22-28-11-6-7-12-29(28)23-39)9-8-10-26(2)33-27(3)13-14-31(46-35(43)38-19-17-37(5)18-20-38)36(4,44)16-15-30(40)21-32(41)47-33/h6-14,25,27,30-31,33,40,44H,15-24H2,1-5H3/b9-8+,14-13-,26-10+/t25-,27+,30+,31+,33-,36+/m1/s1. The number of piperazine rings is 1. The molecule has 3 aliphatic rings. The first-order chi connectivity index (χ1) is 22.3. The SMILES string of the molecule is C/C(=C\C=C\[C@@H](C)COC(=O)N1Cc2ccccc2C1)[C@H]1OC(=O)C[C@@H](O)CC[C@](C)(O)[C@@H](OC(=O)N2CCN(C)CC2)/C=C\[C@@H]1C.